The molecule has 7 nitrogen and oxygen atoms in total. The second-order valence-corrected chi connectivity index (χ2v) is 9.60. The topological polar surface area (TPSA) is 84.3 Å². The van der Waals surface area contributed by atoms with Gasteiger partial charge in [-0.3, -0.25) is 4.79 Å². The largest absolute Gasteiger partial charge is 0.311 e. The maximum atomic E-state index is 13.9. The molecule has 0 radical (unpaired) electrons. The van der Waals surface area contributed by atoms with Gasteiger partial charge in [-0.25, -0.2) is 17.5 Å². The molecule has 0 unspecified atom stereocenters. The highest BCUT2D eigenvalue weighted by Crippen LogP contribution is 2.32. The number of aromatic nitrogens is 2. The lowest BCUT2D eigenvalue weighted by atomic mass is 9.97. The fraction of sp³-hybridized carbons (Fsp3) is 0.500. The number of carbonyl (C=O) groups is 1. The molecule has 2 fully saturated rings. The lowest BCUT2D eigenvalue weighted by molar-refractivity contribution is -0.121. The molecule has 1 saturated carbocycles. The molecule has 1 aromatic carbocycles. The first-order chi connectivity index (χ1) is 14.0. The van der Waals surface area contributed by atoms with Gasteiger partial charge in [0.25, 0.3) is 0 Å². The fourth-order valence-corrected chi connectivity index (χ4v) is 5.77. The van der Waals surface area contributed by atoms with Crippen LogP contribution in [0.3, 0.4) is 0 Å². The number of hydrogen-bond donors (Lipinski definition) is 1. The Morgan fingerprint density at radius 1 is 1.07 bits per heavy atom. The van der Waals surface area contributed by atoms with Gasteiger partial charge in [-0.2, -0.15) is 9.40 Å². The number of carbonyl (C=O) groups excluding carboxylic acids is 1. The van der Waals surface area contributed by atoms with Crippen LogP contribution >= 0.6 is 0 Å². The van der Waals surface area contributed by atoms with Crippen molar-refractivity contribution < 1.29 is 17.6 Å². The van der Waals surface area contributed by atoms with Crippen LogP contribution in [0.15, 0.2) is 41.4 Å². The van der Waals surface area contributed by atoms with E-state index in [1.165, 1.54) is 35.3 Å². The number of rotatable bonds is 5. The zero-order chi connectivity index (χ0) is 20.4. The maximum Gasteiger partial charge on any atom is 0.245 e. The van der Waals surface area contributed by atoms with Crippen LogP contribution in [0.2, 0.25) is 0 Å². The van der Waals surface area contributed by atoms with Gasteiger partial charge in [0, 0.05) is 25.1 Å². The monoisotopic (exact) mass is 420 g/mol. The van der Waals surface area contributed by atoms with Gasteiger partial charge in [0.05, 0.1) is 12.2 Å². The average molecular weight is 421 g/mol. The zero-order valence-corrected chi connectivity index (χ0v) is 16.9. The van der Waals surface area contributed by atoms with E-state index in [0.717, 1.165) is 18.9 Å². The standard InChI is InChI=1S/C20H25FN4O3S/c21-17-7-3-4-8-18(17)29(27,28)24-13-10-15(11-14-24)20(26)23-19-9-12-22-25(19)16-5-1-2-6-16/h3-4,7-9,12,15-16H,1-2,5-6,10-11,13-14H2,(H,23,26). The molecule has 0 spiro atoms. The molecule has 2 aliphatic rings. The Balaban J connectivity index is 1.38. The highest BCUT2D eigenvalue weighted by atomic mass is 32.2. The molecule has 1 aliphatic heterocycles. The number of sulfonamides is 1. The Bertz CT molecular complexity index is 977. The molecule has 4 rings (SSSR count). The quantitative estimate of drug-likeness (QED) is 0.805. The molecular weight excluding hydrogens is 395 g/mol. The third kappa shape index (κ3) is 4.06. The number of amides is 1. The van der Waals surface area contributed by atoms with Crippen molar-refractivity contribution in [1.82, 2.24) is 14.1 Å². The van der Waals surface area contributed by atoms with Gasteiger partial charge >= 0.3 is 0 Å². The molecule has 9 heteroatoms. The summed E-state index contributed by atoms with van der Waals surface area (Å²) in [4.78, 5) is 12.4. The number of anilines is 1. The van der Waals surface area contributed by atoms with E-state index < -0.39 is 15.8 Å². The van der Waals surface area contributed by atoms with Crippen molar-refractivity contribution in [3.8, 4) is 0 Å². The third-order valence-corrected chi connectivity index (χ3v) is 7.80. The van der Waals surface area contributed by atoms with Crippen molar-refractivity contribution in [3.05, 3.63) is 42.3 Å². The van der Waals surface area contributed by atoms with Crippen molar-refractivity contribution >= 4 is 21.7 Å². The first-order valence-corrected chi connectivity index (χ1v) is 11.5. The lowest BCUT2D eigenvalue weighted by Gasteiger charge is -2.30. The van der Waals surface area contributed by atoms with E-state index in [1.54, 1.807) is 12.3 Å². The zero-order valence-electron chi connectivity index (χ0n) is 16.1. The minimum atomic E-state index is -3.90. The van der Waals surface area contributed by atoms with Gasteiger partial charge in [-0.1, -0.05) is 25.0 Å². The Hall–Kier alpha value is -2.26. The molecule has 1 saturated heterocycles. The van der Waals surface area contributed by atoms with E-state index >= 15 is 0 Å². The molecule has 1 aromatic heterocycles. The summed E-state index contributed by atoms with van der Waals surface area (Å²) >= 11 is 0. The molecule has 0 atom stereocenters. The maximum absolute atomic E-state index is 13.9. The second kappa shape index (κ2) is 8.23. The summed E-state index contributed by atoms with van der Waals surface area (Å²) in [6.07, 6.45) is 6.97. The van der Waals surface area contributed by atoms with Crippen molar-refractivity contribution in [1.29, 1.82) is 0 Å². The van der Waals surface area contributed by atoms with E-state index in [4.69, 9.17) is 0 Å². The molecule has 1 aliphatic carbocycles. The van der Waals surface area contributed by atoms with Gasteiger partial charge in [-0.15, -0.1) is 0 Å². The Morgan fingerprint density at radius 3 is 2.45 bits per heavy atom. The van der Waals surface area contributed by atoms with Crippen LogP contribution in [-0.2, 0) is 14.8 Å². The summed E-state index contributed by atoms with van der Waals surface area (Å²) in [5.74, 6) is -0.461. The second-order valence-electron chi connectivity index (χ2n) is 7.70. The summed E-state index contributed by atoms with van der Waals surface area (Å²) in [6.45, 7) is 0.382. The number of hydrogen-bond acceptors (Lipinski definition) is 4. The Morgan fingerprint density at radius 2 is 1.76 bits per heavy atom. The van der Waals surface area contributed by atoms with Crippen molar-refractivity contribution in [3.63, 3.8) is 0 Å². The first-order valence-electron chi connectivity index (χ1n) is 10.1. The minimum Gasteiger partial charge on any atom is -0.311 e. The van der Waals surface area contributed by atoms with Gasteiger partial charge in [0.15, 0.2) is 0 Å². The normalized spacial score (nSPS) is 19.5. The summed E-state index contributed by atoms with van der Waals surface area (Å²) in [6, 6.07) is 7.50. The average Bonchev–Trinajstić information content (AvgIpc) is 3.40. The fourth-order valence-electron chi connectivity index (χ4n) is 4.23. The molecule has 2 heterocycles. The van der Waals surface area contributed by atoms with E-state index in [1.807, 2.05) is 4.68 Å². The molecule has 1 amide bonds. The minimum absolute atomic E-state index is 0.118. The molecule has 0 bridgehead atoms. The molecular formula is C20H25FN4O3S. The number of piperidine rings is 1. The molecule has 156 valence electrons. The van der Waals surface area contributed by atoms with Crippen LogP contribution in [0, 0.1) is 11.7 Å². The predicted octanol–water partition coefficient (Wildman–Crippen LogP) is 3.18. The summed E-state index contributed by atoms with van der Waals surface area (Å²) in [5, 5.41) is 7.33. The number of nitrogens with one attached hydrogen (secondary N) is 1. The molecule has 29 heavy (non-hydrogen) atoms. The van der Waals surface area contributed by atoms with Crippen LogP contribution in [0.1, 0.15) is 44.6 Å². The van der Waals surface area contributed by atoms with E-state index in [0.29, 0.717) is 24.7 Å². The van der Waals surface area contributed by atoms with Crippen molar-refractivity contribution in [2.45, 2.75) is 49.5 Å². The summed E-state index contributed by atoms with van der Waals surface area (Å²) in [7, 11) is -3.90. The van der Waals surface area contributed by atoms with Gasteiger partial charge in [-0.05, 0) is 37.8 Å². The van der Waals surface area contributed by atoms with Gasteiger partial charge in [0.2, 0.25) is 15.9 Å². The van der Waals surface area contributed by atoms with Crippen molar-refractivity contribution in [2.75, 3.05) is 18.4 Å². The van der Waals surface area contributed by atoms with Gasteiger partial charge < -0.3 is 5.32 Å². The van der Waals surface area contributed by atoms with Crippen LogP contribution < -0.4 is 5.32 Å². The predicted molar refractivity (Wildman–Crippen MR) is 106 cm³/mol. The smallest absolute Gasteiger partial charge is 0.245 e. The molecule has 1 N–H and O–H groups in total. The SMILES string of the molecule is O=C(Nc1ccnn1C1CCCC1)C1CCN(S(=O)(=O)c2ccccc2F)CC1. The first kappa shape index (κ1) is 20.0. The highest BCUT2D eigenvalue weighted by molar-refractivity contribution is 7.89. The summed E-state index contributed by atoms with van der Waals surface area (Å²) in [5.41, 5.74) is 0. The van der Waals surface area contributed by atoms with E-state index in [-0.39, 0.29) is 29.8 Å². The van der Waals surface area contributed by atoms with Crippen LogP contribution in [-0.4, -0.2) is 41.5 Å². The van der Waals surface area contributed by atoms with Crippen molar-refractivity contribution in [2.24, 2.45) is 5.92 Å². The third-order valence-electron chi connectivity index (χ3n) is 5.87. The van der Waals surface area contributed by atoms with Gasteiger partial charge in [0.1, 0.15) is 16.5 Å². The van der Waals surface area contributed by atoms with Crippen LogP contribution in [0.25, 0.3) is 0 Å². The van der Waals surface area contributed by atoms with Crippen LogP contribution in [0.5, 0.6) is 0 Å². The number of nitrogens with zero attached hydrogens (tertiary/aromatic N) is 3. The number of halogens is 1. The van der Waals surface area contributed by atoms with E-state index in [9.17, 15) is 17.6 Å². The number of benzene rings is 1. The van der Waals surface area contributed by atoms with Crippen LogP contribution in [0.4, 0.5) is 10.2 Å². The molecule has 2 aromatic rings. The highest BCUT2D eigenvalue weighted by Gasteiger charge is 2.33. The van der Waals surface area contributed by atoms with E-state index in [2.05, 4.69) is 10.4 Å². The Labute approximate surface area is 169 Å². The summed E-state index contributed by atoms with van der Waals surface area (Å²) < 4.78 is 42.5. The Kier molecular flexibility index (Phi) is 5.69. The lowest BCUT2D eigenvalue weighted by Crippen LogP contribution is -2.41.